The van der Waals surface area contributed by atoms with Crippen LogP contribution in [0.2, 0.25) is 0 Å². The van der Waals surface area contributed by atoms with Gasteiger partial charge in [-0.15, -0.1) is 0 Å². The van der Waals surface area contributed by atoms with Crippen LogP contribution < -0.4 is 5.43 Å². The number of non-ortho nitro benzene ring substituents is 1. The summed E-state index contributed by atoms with van der Waals surface area (Å²) in [5.41, 5.74) is 0.942. The van der Waals surface area contributed by atoms with Crippen molar-refractivity contribution in [3.05, 3.63) is 62.1 Å². The lowest BCUT2D eigenvalue weighted by atomic mass is 10.2. The Morgan fingerprint density at radius 2 is 1.83 bits per heavy atom. The summed E-state index contributed by atoms with van der Waals surface area (Å²) in [5.74, 6) is -1.45. The molecule has 0 saturated heterocycles. The molecule has 1 aromatic carbocycles. The molecule has 0 atom stereocenters. The first-order chi connectivity index (χ1) is 11.2. The zero-order valence-corrected chi connectivity index (χ0v) is 11.5. The van der Waals surface area contributed by atoms with Gasteiger partial charge in [-0.25, -0.2) is 0 Å². The van der Waals surface area contributed by atoms with Crippen molar-refractivity contribution < 1.29 is 27.4 Å². The summed E-state index contributed by atoms with van der Waals surface area (Å²) in [6, 6.07) is 4.51. The lowest BCUT2D eigenvalue weighted by molar-refractivity contribution is -0.393. The molecule has 12 heteroatoms. The van der Waals surface area contributed by atoms with E-state index >= 15 is 0 Å². The van der Waals surface area contributed by atoms with Crippen LogP contribution in [0.1, 0.15) is 11.5 Å². The van der Waals surface area contributed by atoms with Gasteiger partial charge >= 0.3 is 11.9 Å². The van der Waals surface area contributed by atoms with E-state index in [1.165, 1.54) is 0 Å². The zero-order chi connectivity index (χ0) is 17.9. The SMILES string of the molecule is O=[N+]([O-])c1ccc(NN=Cc2ccc(C(F)(F)F)o2)c([N+](=O)[O-])c1. The molecule has 0 aliphatic heterocycles. The van der Waals surface area contributed by atoms with Gasteiger partial charge in [-0.3, -0.25) is 25.7 Å². The molecule has 1 heterocycles. The van der Waals surface area contributed by atoms with Gasteiger partial charge in [0.15, 0.2) is 0 Å². The molecule has 1 aromatic heterocycles. The molecule has 24 heavy (non-hydrogen) atoms. The van der Waals surface area contributed by atoms with E-state index in [0.717, 1.165) is 30.5 Å². The lowest BCUT2D eigenvalue weighted by Gasteiger charge is -2.01. The van der Waals surface area contributed by atoms with Crippen molar-refractivity contribution in [1.29, 1.82) is 0 Å². The van der Waals surface area contributed by atoms with Crippen molar-refractivity contribution in [2.75, 3.05) is 5.43 Å². The summed E-state index contributed by atoms with van der Waals surface area (Å²) in [4.78, 5) is 19.8. The molecule has 2 rings (SSSR count). The largest absolute Gasteiger partial charge is 0.450 e. The second kappa shape index (κ2) is 6.36. The summed E-state index contributed by atoms with van der Waals surface area (Å²) in [5, 5.41) is 25.0. The Balaban J connectivity index is 2.18. The van der Waals surface area contributed by atoms with Gasteiger partial charge in [-0.1, -0.05) is 0 Å². The second-order valence-electron chi connectivity index (χ2n) is 4.29. The molecule has 9 nitrogen and oxygen atoms in total. The molecule has 0 unspecified atom stereocenters. The summed E-state index contributed by atoms with van der Waals surface area (Å²) >= 11 is 0. The molecular formula is C12H7F3N4O5. The van der Waals surface area contributed by atoms with Gasteiger partial charge in [-0.05, 0) is 18.2 Å². The molecule has 2 aromatic rings. The molecule has 0 bridgehead atoms. The quantitative estimate of drug-likeness (QED) is 0.502. The molecule has 0 radical (unpaired) electrons. The fourth-order valence-electron chi connectivity index (χ4n) is 1.62. The van der Waals surface area contributed by atoms with E-state index in [2.05, 4.69) is 14.9 Å². The highest BCUT2D eigenvalue weighted by Crippen LogP contribution is 2.31. The van der Waals surface area contributed by atoms with Gasteiger partial charge in [0.25, 0.3) is 5.69 Å². The highest BCUT2D eigenvalue weighted by atomic mass is 19.4. The average Bonchev–Trinajstić information content (AvgIpc) is 2.96. The smallest absolute Gasteiger partial charge is 0.449 e. The van der Waals surface area contributed by atoms with Crippen LogP contribution in [-0.2, 0) is 6.18 Å². The highest BCUT2D eigenvalue weighted by molar-refractivity contribution is 5.77. The van der Waals surface area contributed by atoms with Crippen LogP contribution >= 0.6 is 0 Å². The number of halogens is 3. The first-order valence-corrected chi connectivity index (χ1v) is 6.07. The van der Waals surface area contributed by atoms with Crippen LogP contribution in [0, 0.1) is 20.2 Å². The Hall–Kier alpha value is -3.44. The van der Waals surface area contributed by atoms with E-state index in [0.29, 0.717) is 6.07 Å². The van der Waals surface area contributed by atoms with Gasteiger partial charge in [0, 0.05) is 6.07 Å². The zero-order valence-electron chi connectivity index (χ0n) is 11.5. The predicted molar refractivity (Wildman–Crippen MR) is 74.7 cm³/mol. The normalized spacial score (nSPS) is 11.6. The Kier molecular flexibility index (Phi) is 4.48. The van der Waals surface area contributed by atoms with E-state index in [1.807, 2.05) is 0 Å². The van der Waals surface area contributed by atoms with Crippen molar-refractivity contribution in [2.45, 2.75) is 6.18 Å². The molecule has 0 saturated carbocycles. The number of nitrogens with zero attached hydrogens (tertiary/aromatic N) is 3. The Labute approximate surface area is 130 Å². The number of hydrogen-bond acceptors (Lipinski definition) is 7. The van der Waals surface area contributed by atoms with E-state index < -0.39 is 33.2 Å². The Morgan fingerprint density at radius 1 is 1.12 bits per heavy atom. The number of nitrogens with one attached hydrogen (secondary N) is 1. The van der Waals surface area contributed by atoms with Crippen molar-refractivity contribution in [2.24, 2.45) is 5.10 Å². The Bertz CT molecular complexity index is 815. The second-order valence-corrected chi connectivity index (χ2v) is 4.29. The van der Waals surface area contributed by atoms with Crippen molar-refractivity contribution >= 4 is 23.3 Å². The number of benzene rings is 1. The minimum atomic E-state index is -4.64. The summed E-state index contributed by atoms with van der Waals surface area (Å²) < 4.78 is 41.5. The maximum Gasteiger partial charge on any atom is 0.449 e. The van der Waals surface area contributed by atoms with E-state index in [4.69, 9.17) is 0 Å². The minimum absolute atomic E-state index is 0.176. The molecule has 126 valence electrons. The standard InChI is InChI=1S/C12H7F3N4O5/c13-12(14,15)11-4-2-8(24-11)6-16-17-9-3-1-7(18(20)21)5-10(9)19(22)23/h1-6,17H. The summed E-state index contributed by atoms with van der Waals surface area (Å²) in [6.07, 6.45) is -3.77. The van der Waals surface area contributed by atoms with Gasteiger partial charge in [0.2, 0.25) is 5.76 Å². The molecule has 0 aliphatic rings. The van der Waals surface area contributed by atoms with Gasteiger partial charge < -0.3 is 4.42 Å². The number of nitro groups is 2. The van der Waals surface area contributed by atoms with Crippen molar-refractivity contribution in [3.8, 4) is 0 Å². The number of hydrogen-bond donors (Lipinski definition) is 1. The van der Waals surface area contributed by atoms with Crippen LogP contribution in [0.5, 0.6) is 0 Å². The van der Waals surface area contributed by atoms with E-state index in [9.17, 15) is 33.4 Å². The molecule has 0 amide bonds. The fraction of sp³-hybridized carbons (Fsp3) is 0.0833. The van der Waals surface area contributed by atoms with E-state index in [-0.39, 0.29) is 11.4 Å². The number of anilines is 1. The van der Waals surface area contributed by atoms with Crippen LogP contribution in [0.15, 0.2) is 39.9 Å². The third-order valence-electron chi connectivity index (χ3n) is 2.67. The topological polar surface area (TPSA) is 124 Å². The average molecular weight is 344 g/mol. The predicted octanol–water partition coefficient (Wildman–Crippen LogP) is 3.56. The molecule has 1 N–H and O–H groups in total. The van der Waals surface area contributed by atoms with Crippen LogP contribution in [0.25, 0.3) is 0 Å². The fourth-order valence-corrected chi connectivity index (χ4v) is 1.62. The number of alkyl halides is 3. The third-order valence-corrected chi connectivity index (χ3v) is 2.67. The number of rotatable bonds is 5. The van der Waals surface area contributed by atoms with Crippen LogP contribution in [0.3, 0.4) is 0 Å². The summed E-state index contributed by atoms with van der Waals surface area (Å²) in [6.45, 7) is 0. The molecule has 0 spiro atoms. The Morgan fingerprint density at radius 3 is 2.38 bits per heavy atom. The van der Waals surface area contributed by atoms with Gasteiger partial charge in [0.1, 0.15) is 11.4 Å². The van der Waals surface area contributed by atoms with Gasteiger partial charge in [-0.2, -0.15) is 18.3 Å². The van der Waals surface area contributed by atoms with Crippen LogP contribution in [-0.4, -0.2) is 16.1 Å². The minimum Gasteiger partial charge on any atom is -0.450 e. The first kappa shape index (κ1) is 16.9. The number of furan rings is 1. The summed E-state index contributed by atoms with van der Waals surface area (Å²) in [7, 11) is 0. The van der Waals surface area contributed by atoms with Gasteiger partial charge in [0.05, 0.1) is 22.1 Å². The maximum absolute atomic E-state index is 12.3. The number of hydrazone groups is 1. The lowest BCUT2D eigenvalue weighted by Crippen LogP contribution is -2.02. The highest BCUT2D eigenvalue weighted by Gasteiger charge is 2.34. The monoisotopic (exact) mass is 344 g/mol. The maximum atomic E-state index is 12.3. The van der Waals surface area contributed by atoms with Crippen molar-refractivity contribution in [3.63, 3.8) is 0 Å². The third kappa shape index (κ3) is 3.85. The van der Waals surface area contributed by atoms with Crippen LogP contribution in [0.4, 0.5) is 30.2 Å². The number of nitro benzene ring substituents is 2. The molecule has 0 aliphatic carbocycles. The molecule has 0 fully saturated rings. The van der Waals surface area contributed by atoms with Crippen molar-refractivity contribution in [1.82, 2.24) is 0 Å². The molecular weight excluding hydrogens is 337 g/mol. The van der Waals surface area contributed by atoms with E-state index in [1.54, 1.807) is 0 Å². The first-order valence-electron chi connectivity index (χ1n) is 6.07.